The quantitative estimate of drug-likeness (QED) is 0.629. The number of benzene rings is 1. The Morgan fingerprint density at radius 1 is 1.45 bits per heavy atom. The van der Waals surface area contributed by atoms with Gasteiger partial charge in [0.1, 0.15) is 0 Å². The van der Waals surface area contributed by atoms with Crippen molar-refractivity contribution in [2.75, 3.05) is 31.7 Å². The van der Waals surface area contributed by atoms with Crippen LogP contribution < -0.4 is 4.90 Å². The van der Waals surface area contributed by atoms with E-state index >= 15 is 0 Å². The molecule has 0 amide bonds. The number of alkyl halides is 3. The van der Waals surface area contributed by atoms with E-state index in [1.807, 2.05) is 0 Å². The van der Waals surface area contributed by atoms with E-state index in [0.29, 0.717) is 6.29 Å². The van der Waals surface area contributed by atoms with Crippen LogP contribution in [0.15, 0.2) is 18.2 Å². The standard InChI is InChI=1S/C14H14F3NO4/c1-21-13(20)12-7-18(4-5-22-12)11-6-10(14(15,16)17)3-2-9(11)8-19/h2-3,6,8,12H,4-5,7H2,1H3. The van der Waals surface area contributed by atoms with Gasteiger partial charge in [-0.3, -0.25) is 4.79 Å². The largest absolute Gasteiger partial charge is 0.467 e. The highest BCUT2D eigenvalue weighted by atomic mass is 19.4. The zero-order chi connectivity index (χ0) is 16.3. The fourth-order valence-electron chi connectivity index (χ4n) is 2.24. The topological polar surface area (TPSA) is 55.8 Å². The Hall–Kier alpha value is -2.09. The summed E-state index contributed by atoms with van der Waals surface area (Å²) in [7, 11) is 1.20. The van der Waals surface area contributed by atoms with E-state index in [0.717, 1.165) is 18.2 Å². The molecule has 0 radical (unpaired) electrons. The molecule has 0 bridgehead atoms. The molecule has 1 unspecified atom stereocenters. The number of hydrogen-bond acceptors (Lipinski definition) is 5. The molecule has 1 aromatic carbocycles. The van der Waals surface area contributed by atoms with Crippen LogP contribution in [-0.4, -0.2) is 45.2 Å². The Balaban J connectivity index is 2.33. The molecule has 1 saturated heterocycles. The van der Waals surface area contributed by atoms with Gasteiger partial charge in [0.2, 0.25) is 0 Å². The average molecular weight is 317 g/mol. The number of nitrogens with zero attached hydrogens (tertiary/aromatic N) is 1. The Morgan fingerprint density at radius 2 is 2.18 bits per heavy atom. The molecule has 0 aromatic heterocycles. The number of methoxy groups -OCH3 is 1. The molecule has 2 rings (SSSR count). The Morgan fingerprint density at radius 3 is 2.77 bits per heavy atom. The number of morpholine rings is 1. The number of aldehydes is 1. The minimum absolute atomic E-state index is 0.0226. The molecule has 1 aliphatic heterocycles. The lowest BCUT2D eigenvalue weighted by Gasteiger charge is -2.34. The molecule has 0 aliphatic carbocycles. The van der Waals surface area contributed by atoms with Gasteiger partial charge in [0.05, 0.1) is 25.8 Å². The van der Waals surface area contributed by atoms with Gasteiger partial charge in [-0.25, -0.2) is 4.79 Å². The number of esters is 1. The normalized spacial score (nSPS) is 18.9. The summed E-state index contributed by atoms with van der Waals surface area (Å²) in [4.78, 5) is 24.1. The number of rotatable bonds is 3. The molecule has 22 heavy (non-hydrogen) atoms. The molecule has 1 aliphatic rings. The van der Waals surface area contributed by atoms with Crippen molar-refractivity contribution in [3.63, 3.8) is 0 Å². The summed E-state index contributed by atoms with van der Waals surface area (Å²) >= 11 is 0. The average Bonchev–Trinajstić information content (AvgIpc) is 2.52. The molecular formula is C14H14F3NO4. The van der Waals surface area contributed by atoms with Crippen molar-refractivity contribution in [1.29, 1.82) is 0 Å². The van der Waals surface area contributed by atoms with E-state index in [1.165, 1.54) is 12.0 Å². The smallest absolute Gasteiger partial charge is 0.416 e. The van der Waals surface area contributed by atoms with Gasteiger partial charge in [0, 0.05) is 17.8 Å². The summed E-state index contributed by atoms with van der Waals surface area (Å²) in [6.07, 6.45) is -4.92. The second-order valence-electron chi connectivity index (χ2n) is 4.72. The third-order valence-electron chi connectivity index (χ3n) is 3.36. The first-order valence-corrected chi connectivity index (χ1v) is 6.47. The van der Waals surface area contributed by atoms with Crippen LogP contribution in [0.2, 0.25) is 0 Å². The highest BCUT2D eigenvalue weighted by molar-refractivity contribution is 5.85. The molecule has 120 valence electrons. The Kier molecular flexibility index (Phi) is 4.70. The van der Waals surface area contributed by atoms with Crippen molar-refractivity contribution < 1.29 is 32.2 Å². The van der Waals surface area contributed by atoms with Crippen molar-refractivity contribution in [2.24, 2.45) is 0 Å². The summed E-state index contributed by atoms with van der Waals surface area (Å²) in [5.74, 6) is -0.607. The lowest BCUT2D eigenvalue weighted by Crippen LogP contribution is -2.47. The minimum Gasteiger partial charge on any atom is -0.467 e. The number of halogens is 3. The number of carbonyl (C=O) groups is 2. The van der Waals surface area contributed by atoms with Crippen LogP contribution in [0.3, 0.4) is 0 Å². The van der Waals surface area contributed by atoms with Crippen molar-refractivity contribution in [3.8, 4) is 0 Å². The lowest BCUT2D eigenvalue weighted by atomic mass is 10.1. The van der Waals surface area contributed by atoms with Crippen molar-refractivity contribution in [1.82, 2.24) is 0 Å². The van der Waals surface area contributed by atoms with Gasteiger partial charge in [-0.1, -0.05) is 0 Å². The van der Waals surface area contributed by atoms with Crippen LogP contribution in [0.4, 0.5) is 18.9 Å². The Bertz CT molecular complexity index is 574. The van der Waals surface area contributed by atoms with Gasteiger partial charge in [-0.2, -0.15) is 13.2 Å². The molecule has 5 nitrogen and oxygen atoms in total. The molecule has 8 heteroatoms. The maximum absolute atomic E-state index is 12.8. The van der Waals surface area contributed by atoms with Gasteiger partial charge in [0.25, 0.3) is 0 Å². The molecule has 1 atom stereocenters. The van der Waals surface area contributed by atoms with Crippen LogP contribution in [0.25, 0.3) is 0 Å². The summed E-state index contributed by atoms with van der Waals surface area (Å²) in [6, 6.07) is 2.88. The van der Waals surface area contributed by atoms with Gasteiger partial charge < -0.3 is 14.4 Å². The predicted octanol–water partition coefficient (Wildman–Crippen LogP) is 1.90. The molecular weight excluding hydrogens is 303 g/mol. The van der Waals surface area contributed by atoms with E-state index in [9.17, 15) is 22.8 Å². The van der Waals surface area contributed by atoms with Crippen LogP contribution in [0.1, 0.15) is 15.9 Å². The van der Waals surface area contributed by atoms with Crippen LogP contribution >= 0.6 is 0 Å². The molecule has 1 fully saturated rings. The first kappa shape index (κ1) is 16.3. The lowest BCUT2D eigenvalue weighted by molar-refractivity contribution is -0.154. The van der Waals surface area contributed by atoms with E-state index in [4.69, 9.17) is 4.74 Å². The highest BCUT2D eigenvalue weighted by Gasteiger charge is 2.33. The zero-order valence-corrected chi connectivity index (χ0v) is 11.7. The number of anilines is 1. The van der Waals surface area contributed by atoms with Gasteiger partial charge in [-0.15, -0.1) is 0 Å². The van der Waals surface area contributed by atoms with Crippen LogP contribution in [-0.2, 0) is 20.4 Å². The fraction of sp³-hybridized carbons (Fsp3) is 0.429. The van der Waals surface area contributed by atoms with E-state index < -0.39 is 23.8 Å². The molecule has 1 heterocycles. The van der Waals surface area contributed by atoms with E-state index in [1.54, 1.807) is 0 Å². The maximum atomic E-state index is 12.8. The first-order chi connectivity index (χ1) is 10.4. The highest BCUT2D eigenvalue weighted by Crippen LogP contribution is 2.33. The monoisotopic (exact) mass is 317 g/mol. The summed E-state index contributed by atoms with van der Waals surface area (Å²) in [5.41, 5.74) is -0.602. The number of ether oxygens (including phenoxy) is 2. The molecule has 0 N–H and O–H groups in total. The van der Waals surface area contributed by atoms with E-state index in [2.05, 4.69) is 4.74 Å². The summed E-state index contributed by atoms with van der Waals surface area (Å²) < 4.78 is 48.3. The van der Waals surface area contributed by atoms with Crippen molar-refractivity contribution >= 4 is 17.9 Å². The summed E-state index contributed by atoms with van der Waals surface area (Å²) in [6.45, 7) is 0.443. The van der Waals surface area contributed by atoms with Gasteiger partial charge >= 0.3 is 12.1 Å². The third-order valence-corrected chi connectivity index (χ3v) is 3.36. The van der Waals surface area contributed by atoms with Gasteiger partial charge in [-0.05, 0) is 18.2 Å². The minimum atomic E-state index is -4.51. The molecule has 0 spiro atoms. The summed E-state index contributed by atoms with van der Waals surface area (Å²) in [5, 5.41) is 0. The fourth-order valence-corrected chi connectivity index (χ4v) is 2.24. The predicted molar refractivity (Wildman–Crippen MR) is 70.8 cm³/mol. The SMILES string of the molecule is COC(=O)C1CN(c2cc(C(F)(F)F)ccc2C=O)CCO1. The molecule has 0 saturated carbocycles. The second-order valence-corrected chi connectivity index (χ2v) is 4.72. The molecule has 1 aromatic rings. The van der Waals surface area contributed by atoms with Crippen molar-refractivity contribution in [2.45, 2.75) is 12.3 Å². The van der Waals surface area contributed by atoms with Gasteiger partial charge in [0.15, 0.2) is 12.4 Å². The number of carbonyl (C=O) groups excluding carboxylic acids is 2. The van der Waals surface area contributed by atoms with E-state index in [-0.39, 0.29) is 30.9 Å². The van der Waals surface area contributed by atoms with Crippen LogP contribution in [0.5, 0.6) is 0 Å². The first-order valence-electron chi connectivity index (χ1n) is 6.47. The third kappa shape index (κ3) is 3.38. The second kappa shape index (κ2) is 6.35. The number of hydrogen-bond donors (Lipinski definition) is 0. The zero-order valence-electron chi connectivity index (χ0n) is 11.7. The van der Waals surface area contributed by atoms with Crippen LogP contribution in [0, 0.1) is 0 Å². The maximum Gasteiger partial charge on any atom is 0.416 e. The van der Waals surface area contributed by atoms with Crippen molar-refractivity contribution in [3.05, 3.63) is 29.3 Å². The Labute approximate surface area is 124 Å².